The molecular formula is C15H20ClFO2. The van der Waals surface area contributed by atoms with Crippen LogP contribution in [0, 0.1) is 17.7 Å². The van der Waals surface area contributed by atoms with Crippen molar-refractivity contribution in [2.24, 2.45) is 11.8 Å². The van der Waals surface area contributed by atoms with E-state index in [9.17, 15) is 4.39 Å². The van der Waals surface area contributed by atoms with Crippen molar-refractivity contribution in [3.63, 3.8) is 0 Å². The van der Waals surface area contributed by atoms with Gasteiger partial charge in [0.05, 0.1) is 24.7 Å². The molecule has 0 spiro atoms. The molecule has 5 unspecified atom stereocenters. The monoisotopic (exact) mass is 286 g/mol. The molecule has 0 aromatic heterocycles. The molecule has 1 aromatic carbocycles. The van der Waals surface area contributed by atoms with Gasteiger partial charge in [-0.05, 0) is 25.8 Å². The smallest absolute Gasteiger partial charge is 0.131 e. The van der Waals surface area contributed by atoms with Gasteiger partial charge in [-0.2, -0.15) is 0 Å². The van der Waals surface area contributed by atoms with Gasteiger partial charge < -0.3 is 9.47 Å². The molecular weight excluding hydrogens is 267 g/mol. The normalized spacial score (nSPS) is 32.3. The van der Waals surface area contributed by atoms with Gasteiger partial charge in [-0.1, -0.05) is 13.0 Å². The minimum absolute atomic E-state index is 0.0361. The highest BCUT2D eigenvalue weighted by Crippen LogP contribution is 2.44. The van der Waals surface area contributed by atoms with Crippen LogP contribution < -0.4 is 4.74 Å². The van der Waals surface area contributed by atoms with Crippen LogP contribution in [0.3, 0.4) is 0 Å². The predicted octanol–water partition coefficient (Wildman–Crippen LogP) is 4.17. The fourth-order valence-electron chi connectivity index (χ4n) is 2.86. The zero-order valence-corrected chi connectivity index (χ0v) is 12.4. The van der Waals surface area contributed by atoms with E-state index in [1.54, 1.807) is 12.1 Å². The topological polar surface area (TPSA) is 18.5 Å². The second-order valence-corrected chi connectivity index (χ2v) is 5.74. The average molecular weight is 287 g/mol. The number of halogens is 2. The second-order valence-electron chi connectivity index (χ2n) is 5.27. The van der Waals surface area contributed by atoms with Gasteiger partial charge in [0.25, 0.3) is 0 Å². The molecule has 1 aliphatic heterocycles. The Labute approximate surface area is 118 Å². The van der Waals surface area contributed by atoms with E-state index in [0.29, 0.717) is 17.2 Å². The summed E-state index contributed by atoms with van der Waals surface area (Å²) in [5.74, 6) is 0.596. The molecule has 0 aliphatic carbocycles. The lowest BCUT2D eigenvalue weighted by Crippen LogP contribution is -2.22. The molecule has 5 atom stereocenters. The molecule has 1 aromatic rings. The van der Waals surface area contributed by atoms with Gasteiger partial charge >= 0.3 is 0 Å². The first-order chi connectivity index (χ1) is 8.95. The highest BCUT2D eigenvalue weighted by molar-refractivity contribution is 6.21. The molecule has 106 valence electrons. The van der Waals surface area contributed by atoms with Gasteiger partial charge in [-0.15, -0.1) is 11.6 Å². The van der Waals surface area contributed by atoms with Gasteiger partial charge in [-0.3, -0.25) is 0 Å². The Morgan fingerprint density at radius 3 is 2.42 bits per heavy atom. The van der Waals surface area contributed by atoms with Crippen LogP contribution in [-0.4, -0.2) is 19.3 Å². The van der Waals surface area contributed by atoms with Gasteiger partial charge in [0, 0.05) is 17.5 Å². The third kappa shape index (κ3) is 2.72. The van der Waals surface area contributed by atoms with Gasteiger partial charge in [0.2, 0.25) is 0 Å². The SMILES string of the molecule is COc1ccc(C(Cl)C2C(C)OC(C)C2C)c(F)c1. The first-order valence-electron chi connectivity index (χ1n) is 6.58. The number of benzene rings is 1. The molecule has 0 amide bonds. The van der Waals surface area contributed by atoms with Gasteiger partial charge in [0.1, 0.15) is 11.6 Å². The Morgan fingerprint density at radius 2 is 1.95 bits per heavy atom. The number of hydrogen-bond acceptors (Lipinski definition) is 2. The van der Waals surface area contributed by atoms with Gasteiger partial charge in [-0.25, -0.2) is 4.39 Å². The molecule has 19 heavy (non-hydrogen) atoms. The van der Waals surface area contributed by atoms with Crippen molar-refractivity contribution in [1.82, 2.24) is 0 Å². The van der Waals surface area contributed by atoms with E-state index in [-0.39, 0.29) is 29.3 Å². The van der Waals surface area contributed by atoms with Crippen LogP contribution >= 0.6 is 11.6 Å². The standard InChI is InChI=1S/C15H20ClFO2/c1-8-9(2)19-10(3)14(8)15(16)12-6-5-11(18-4)7-13(12)17/h5-10,14-15H,1-4H3. The number of methoxy groups -OCH3 is 1. The van der Waals surface area contributed by atoms with Crippen LogP contribution in [0.25, 0.3) is 0 Å². The summed E-state index contributed by atoms with van der Waals surface area (Å²) in [6.45, 7) is 6.15. The molecule has 1 heterocycles. The summed E-state index contributed by atoms with van der Waals surface area (Å²) in [5, 5.41) is -0.388. The van der Waals surface area contributed by atoms with Crippen molar-refractivity contribution < 1.29 is 13.9 Å². The maximum atomic E-state index is 14.1. The Kier molecular flexibility index (Phi) is 4.36. The molecule has 1 fully saturated rings. The maximum absolute atomic E-state index is 14.1. The van der Waals surface area contributed by atoms with Gasteiger partial charge in [0.15, 0.2) is 0 Å². The average Bonchev–Trinajstić information content (AvgIpc) is 2.62. The van der Waals surface area contributed by atoms with E-state index in [0.717, 1.165) is 0 Å². The highest BCUT2D eigenvalue weighted by Gasteiger charge is 2.42. The molecule has 0 bridgehead atoms. The van der Waals surface area contributed by atoms with Crippen LogP contribution in [0.2, 0.25) is 0 Å². The molecule has 1 aliphatic rings. The lowest BCUT2D eigenvalue weighted by Gasteiger charge is -2.24. The minimum Gasteiger partial charge on any atom is -0.497 e. The third-order valence-corrected chi connectivity index (χ3v) is 4.69. The van der Waals surface area contributed by atoms with Crippen LogP contribution in [0.1, 0.15) is 31.7 Å². The first kappa shape index (κ1) is 14.6. The molecule has 4 heteroatoms. The van der Waals surface area contributed by atoms with Crippen LogP contribution in [0.5, 0.6) is 5.75 Å². The minimum atomic E-state index is -0.388. The fraction of sp³-hybridized carbons (Fsp3) is 0.600. The van der Waals surface area contributed by atoms with Crippen molar-refractivity contribution in [2.75, 3.05) is 7.11 Å². The van der Waals surface area contributed by atoms with Crippen molar-refractivity contribution in [2.45, 2.75) is 38.4 Å². The summed E-state index contributed by atoms with van der Waals surface area (Å²) in [4.78, 5) is 0. The molecule has 2 nitrogen and oxygen atoms in total. The van der Waals surface area contributed by atoms with E-state index in [4.69, 9.17) is 21.1 Å². The molecule has 2 rings (SSSR count). The van der Waals surface area contributed by atoms with Crippen LogP contribution in [0.15, 0.2) is 18.2 Å². The zero-order chi connectivity index (χ0) is 14.2. The Hall–Kier alpha value is -0.800. The number of ether oxygens (including phenoxy) is 2. The van der Waals surface area contributed by atoms with E-state index < -0.39 is 0 Å². The van der Waals surface area contributed by atoms with Crippen LogP contribution in [0.4, 0.5) is 4.39 Å². The largest absolute Gasteiger partial charge is 0.497 e. The van der Waals surface area contributed by atoms with E-state index in [1.807, 2.05) is 13.8 Å². The summed E-state index contributed by atoms with van der Waals surface area (Å²) in [6.07, 6.45) is 0.191. The zero-order valence-electron chi connectivity index (χ0n) is 11.7. The molecule has 0 N–H and O–H groups in total. The quantitative estimate of drug-likeness (QED) is 0.776. The van der Waals surface area contributed by atoms with E-state index in [2.05, 4.69) is 6.92 Å². The Balaban J connectivity index is 2.26. The Morgan fingerprint density at radius 1 is 1.26 bits per heavy atom. The third-order valence-electron chi connectivity index (χ3n) is 4.16. The number of rotatable bonds is 3. The Bertz CT molecular complexity index is 452. The molecule has 0 radical (unpaired) electrons. The number of alkyl halides is 1. The first-order valence-corrected chi connectivity index (χ1v) is 7.02. The van der Waals surface area contributed by atoms with Crippen molar-refractivity contribution in [3.05, 3.63) is 29.6 Å². The summed E-state index contributed by atoms with van der Waals surface area (Å²) < 4.78 is 24.9. The fourth-order valence-corrected chi connectivity index (χ4v) is 3.48. The summed E-state index contributed by atoms with van der Waals surface area (Å²) in [5.41, 5.74) is 0.517. The van der Waals surface area contributed by atoms with Crippen molar-refractivity contribution in [1.29, 1.82) is 0 Å². The van der Waals surface area contributed by atoms with E-state index >= 15 is 0 Å². The van der Waals surface area contributed by atoms with E-state index in [1.165, 1.54) is 13.2 Å². The second kappa shape index (κ2) is 5.68. The predicted molar refractivity (Wildman–Crippen MR) is 74.2 cm³/mol. The van der Waals surface area contributed by atoms with Crippen molar-refractivity contribution in [3.8, 4) is 5.75 Å². The summed E-state index contributed by atoms with van der Waals surface area (Å²) in [7, 11) is 1.52. The van der Waals surface area contributed by atoms with Crippen LogP contribution in [-0.2, 0) is 4.74 Å². The lowest BCUT2D eigenvalue weighted by atomic mass is 9.84. The molecule has 0 saturated carbocycles. The van der Waals surface area contributed by atoms with Crippen molar-refractivity contribution >= 4 is 11.6 Å². The summed E-state index contributed by atoms with van der Waals surface area (Å²) >= 11 is 6.51. The highest BCUT2D eigenvalue weighted by atomic mass is 35.5. The number of hydrogen-bond donors (Lipinski definition) is 0. The summed E-state index contributed by atoms with van der Waals surface area (Å²) in [6, 6.07) is 4.82. The maximum Gasteiger partial charge on any atom is 0.131 e. The molecule has 1 saturated heterocycles. The lowest BCUT2D eigenvalue weighted by molar-refractivity contribution is 0.0507.